The summed E-state index contributed by atoms with van der Waals surface area (Å²) in [7, 11) is 0. The van der Waals surface area contributed by atoms with E-state index in [1.807, 2.05) is 5.38 Å². The highest BCUT2D eigenvalue weighted by molar-refractivity contribution is 7.07. The second kappa shape index (κ2) is 8.49. The normalized spacial score (nSPS) is 10.5. The molecule has 0 unspecified atom stereocenters. The average Bonchev–Trinajstić information content (AvgIpc) is 3.27. The van der Waals surface area contributed by atoms with Gasteiger partial charge in [-0.1, -0.05) is 18.2 Å². The highest BCUT2D eigenvalue weighted by Gasteiger charge is 2.09. The second-order valence-corrected chi connectivity index (χ2v) is 6.81. The number of benzene rings is 2. The van der Waals surface area contributed by atoms with Crippen molar-refractivity contribution in [3.05, 3.63) is 83.1 Å². The molecular formula is C21H16N4O3S. The Hall–Kier alpha value is -3.78. The van der Waals surface area contributed by atoms with Crippen LogP contribution in [0.15, 0.2) is 71.8 Å². The Labute approximate surface area is 170 Å². The molecule has 2 N–H and O–H groups in total. The number of anilines is 1. The van der Waals surface area contributed by atoms with E-state index in [1.54, 1.807) is 54.0 Å². The van der Waals surface area contributed by atoms with Crippen LogP contribution in [0.5, 0.6) is 11.5 Å². The fourth-order valence-corrected chi connectivity index (χ4v) is 3.13. The largest absolute Gasteiger partial charge is 0.508 e. The molecule has 144 valence electrons. The molecule has 0 radical (unpaired) electrons. The van der Waals surface area contributed by atoms with Crippen molar-refractivity contribution in [1.29, 1.82) is 0 Å². The highest BCUT2D eigenvalue weighted by Crippen LogP contribution is 2.21. The van der Waals surface area contributed by atoms with Crippen LogP contribution in [-0.4, -0.2) is 26.0 Å². The van der Waals surface area contributed by atoms with Gasteiger partial charge in [0, 0.05) is 16.5 Å². The van der Waals surface area contributed by atoms with Crippen molar-refractivity contribution in [2.45, 2.75) is 6.61 Å². The molecule has 0 bridgehead atoms. The predicted molar refractivity (Wildman–Crippen MR) is 110 cm³/mol. The molecule has 4 rings (SSSR count). The summed E-state index contributed by atoms with van der Waals surface area (Å²) in [6.45, 7) is 0.346. The SMILES string of the molecule is O=C(Nc1cnc(-c2cccc(O)c2)nc1)c1cccc(OCc2cscn2)c1. The monoisotopic (exact) mass is 404 g/mol. The summed E-state index contributed by atoms with van der Waals surface area (Å²) >= 11 is 1.50. The van der Waals surface area contributed by atoms with Crippen LogP contribution in [0.2, 0.25) is 0 Å². The number of nitrogens with zero attached hydrogens (tertiary/aromatic N) is 3. The minimum atomic E-state index is -0.294. The van der Waals surface area contributed by atoms with Crippen LogP contribution in [0, 0.1) is 0 Å². The number of phenols is 1. The van der Waals surface area contributed by atoms with E-state index in [2.05, 4.69) is 20.3 Å². The lowest BCUT2D eigenvalue weighted by molar-refractivity contribution is 0.102. The number of hydrogen-bond donors (Lipinski definition) is 2. The molecule has 0 aliphatic heterocycles. The fourth-order valence-electron chi connectivity index (χ4n) is 2.58. The number of phenolic OH excluding ortho intramolecular Hbond substituents is 1. The minimum Gasteiger partial charge on any atom is -0.508 e. The number of rotatable bonds is 6. The molecule has 0 saturated carbocycles. The number of aromatic nitrogens is 3. The van der Waals surface area contributed by atoms with Gasteiger partial charge in [-0.3, -0.25) is 4.79 Å². The Morgan fingerprint density at radius 1 is 1.07 bits per heavy atom. The van der Waals surface area contributed by atoms with Crippen molar-refractivity contribution in [2.24, 2.45) is 0 Å². The van der Waals surface area contributed by atoms with E-state index in [4.69, 9.17) is 4.74 Å². The van der Waals surface area contributed by atoms with Gasteiger partial charge in [-0.05, 0) is 30.3 Å². The Morgan fingerprint density at radius 3 is 2.66 bits per heavy atom. The minimum absolute atomic E-state index is 0.139. The maximum Gasteiger partial charge on any atom is 0.255 e. The standard InChI is InChI=1S/C21H16N4O3S/c26-18-5-1-3-14(7-18)20-22-9-16(10-23-20)25-21(27)15-4-2-6-19(8-15)28-11-17-12-29-13-24-17/h1-10,12-13,26H,11H2,(H,25,27). The summed E-state index contributed by atoms with van der Waals surface area (Å²) in [5.41, 5.74) is 4.20. The number of carbonyl (C=O) groups excluding carboxylic acids is 1. The number of amides is 1. The molecule has 8 heteroatoms. The second-order valence-electron chi connectivity index (χ2n) is 6.10. The number of ether oxygens (including phenoxy) is 1. The number of thiazole rings is 1. The van der Waals surface area contributed by atoms with Crippen molar-refractivity contribution >= 4 is 22.9 Å². The molecule has 7 nitrogen and oxygen atoms in total. The third-order valence-corrected chi connectivity index (χ3v) is 4.62. The van der Waals surface area contributed by atoms with Gasteiger partial charge < -0.3 is 15.2 Å². The zero-order valence-electron chi connectivity index (χ0n) is 15.1. The van der Waals surface area contributed by atoms with Crippen molar-refractivity contribution < 1.29 is 14.6 Å². The molecule has 0 aliphatic rings. The first-order valence-corrected chi connectivity index (χ1v) is 9.64. The van der Waals surface area contributed by atoms with E-state index in [0.717, 1.165) is 5.69 Å². The molecule has 2 aromatic heterocycles. The zero-order chi connectivity index (χ0) is 20.1. The Bertz CT molecular complexity index is 1120. The number of carbonyl (C=O) groups is 1. The van der Waals surface area contributed by atoms with Gasteiger partial charge in [-0.25, -0.2) is 15.0 Å². The maximum absolute atomic E-state index is 12.5. The predicted octanol–water partition coefficient (Wildman–Crippen LogP) is 4.14. The summed E-state index contributed by atoms with van der Waals surface area (Å²) in [4.78, 5) is 25.2. The number of hydrogen-bond acceptors (Lipinski definition) is 7. The van der Waals surface area contributed by atoms with Crippen LogP contribution in [-0.2, 0) is 6.61 Å². The molecule has 2 aromatic carbocycles. The molecule has 1 amide bonds. The van der Waals surface area contributed by atoms with Crippen LogP contribution in [0.4, 0.5) is 5.69 Å². The third-order valence-electron chi connectivity index (χ3n) is 3.98. The van der Waals surface area contributed by atoms with Gasteiger partial charge in [0.25, 0.3) is 5.91 Å². The molecule has 0 spiro atoms. The van der Waals surface area contributed by atoms with E-state index in [0.29, 0.717) is 35.0 Å². The first-order chi connectivity index (χ1) is 14.2. The van der Waals surface area contributed by atoms with E-state index < -0.39 is 0 Å². The van der Waals surface area contributed by atoms with Crippen LogP contribution >= 0.6 is 11.3 Å². The first kappa shape index (κ1) is 18.6. The van der Waals surface area contributed by atoms with Gasteiger partial charge in [0.1, 0.15) is 18.1 Å². The van der Waals surface area contributed by atoms with Crippen LogP contribution in [0.3, 0.4) is 0 Å². The zero-order valence-corrected chi connectivity index (χ0v) is 16.0. The van der Waals surface area contributed by atoms with Crippen molar-refractivity contribution in [3.8, 4) is 22.9 Å². The summed E-state index contributed by atoms with van der Waals surface area (Å²) < 4.78 is 5.68. The third kappa shape index (κ3) is 4.74. The lowest BCUT2D eigenvalue weighted by Crippen LogP contribution is -2.12. The molecular weight excluding hydrogens is 388 g/mol. The van der Waals surface area contributed by atoms with Crippen LogP contribution in [0.25, 0.3) is 11.4 Å². The van der Waals surface area contributed by atoms with Crippen molar-refractivity contribution in [3.63, 3.8) is 0 Å². The average molecular weight is 404 g/mol. The highest BCUT2D eigenvalue weighted by atomic mass is 32.1. The Morgan fingerprint density at radius 2 is 1.90 bits per heavy atom. The topological polar surface area (TPSA) is 97.2 Å². The smallest absolute Gasteiger partial charge is 0.255 e. The maximum atomic E-state index is 12.5. The van der Waals surface area contributed by atoms with Gasteiger partial charge in [0.05, 0.1) is 29.3 Å². The molecule has 0 fully saturated rings. The number of aromatic hydroxyl groups is 1. The van der Waals surface area contributed by atoms with E-state index >= 15 is 0 Å². The first-order valence-electron chi connectivity index (χ1n) is 8.70. The van der Waals surface area contributed by atoms with Gasteiger partial charge >= 0.3 is 0 Å². The Balaban J connectivity index is 1.42. The van der Waals surface area contributed by atoms with Crippen LogP contribution in [0.1, 0.15) is 16.1 Å². The van der Waals surface area contributed by atoms with Gasteiger partial charge in [-0.15, -0.1) is 11.3 Å². The van der Waals surface area contributed by atoms with Crippen molar-refractivity contribution in [2.75, 3.05) is 5.32 Å². The van der Waals surface area contributed by atoms with E-state index in [1.165, 1.54) is 23.7 Å². The molecule has 2 heterocycles. The van der Waals surface area contributed by atoms with Crippen LogP contribution < -0.4 is 10.1 Å². The van der Waals surface area contributed by atoms with Gasteiger partial charge in [-0.2, -0.15) is 0 Å². The molecule has 0 atom stereocenters. The fraction of sp³-hybridized carbons (Fsp3) is 0.0476. The summed E-state index contributed by atoms with van der Waals surface area (Å²) in [6.07, 6.45) is 3.04. The summed E-state index contributed by atoms with van der Waals surface area (Å²) in [5, 5.41) is 14.2. The van der Waals surface area contributed by atoms with E-state index in [9.17, 15) is 9.90 Å². The molecule has 0 aliphatic carbocycles. The van der Waals surface area contributed by atoms with Crippen molar-refractivity contribution in [1.82, 2.24) is 15.0 Å². The van der Waals surface area contributed by atoms with Gasteiger partial charge in [0.2, 0.25) is 0 Å². The van der Waals surface area contributed by atoms with Gasteiger partial charge in [0.15, 0.2) is 5.82 Å². The lowest BCUT2D eigenvalue weighted by atomic mass is 10.2. The summed E-state index contributed by atoms with van der Waals surface area (Å²) in [6, 6.07) is 13.6. The molecule has 0 saturated heterocycles. The lowest BCUT2D eigenvalue weighted by Gasteiger charge is -2.08. The van der Waals surface area contributed by atoms with E-state index in [-0.39, 0.29) is 11.7 Å². The molecule has 29 heavy (non-hydrogen) atoms. The summed E-state index contributed by atoms with van der Waals surface area (Å²) in [5.74, 6) is 0.885. The molecule has 4 aromatic rings. The Kier molecular flexibility index (Phi) is 5.44. The number of nitrogens with one attached hydrogen (secondary N) is 1. The quantitative estimate of drug-likeness (QED) is 0.501.